The Bertz CT molecular complexity index is 644. The lowest BCUT2D eigenvalue weighted by Gasteiger charge is -2.26. The molecule has 1 aliphatic carbocycles. The molecule has 1 aromatic heterocycles. The average molecular weight is 332 g/mol. The van der Waals surface area contributed by atoms with Crippen LogP contribution in [0, 0.1) is 5.92 Å². The largest absolute Gasteiger partial charge is 0.481 e. The Morgan fingerprint density at radius 3 is 2.38 bits per heavy atom. The molecule has 116 valence electrons. The summed E-state index contributed by atoms with van der Waals surface area (Å²) in [5.74, 6) is -1.50. The van der Waals surface area contributed by atoms with Crippen LogP contribution in [-0.2, 0) is 14.8 Å². The summed E-state index contributed by atoms with van der Waals surface area (Å²) in [6.45, 7) is 0. The molecular weight excluding hydrogens is 316 g/mol. The molecular formula is C12H16N2O5S2. The first-order chi connectivity index (χ1) is 9.77. The Morgan fingerprint density at radius 2 is 1.90 bits per heavy atom. The smallest absolute Gasteiger partial charge is 0.306 e. The maximum atomic E-state index is 12.0. The third kappa shape index (κ3) is 4.02. The van der Waals surface area contributed by atoms with Gasteiger partial charge in [0.15, 0.2) is 0 Å². The van der Waals surface area contributed by atoms with Gasteiger partial charge in [-0.25, -0.2) is 13.6 Å². The van der Waals surface area contributed by atoms with Crippen molar-refractivity contribution in [1.29, 1.82) is 0 Å². The summed E-state index contributed by atoms with van der Waals surface area (Å²) in [7, 11) is -3.79. The van der Waals surface area contributed by atoms with Gasteiger partial charge in [0.05, 0.1) is 11.5 Å². The Morgan fingerprint density at radius 1 is 1.29 bits per heavy atom. The number of carbonyl (C=O) groups is 2. The van der Waals surface area contributed by atoms with E-state index in [4.69, 9.17) is 10.2 Å². The number of amides is 1. The number of aliphatic carboxylic acids is 1. The second kappa shape index (κ2) is 6.12. The third-order valence-corrected chi connectivity index (χ3v) is 5.92. The highest BCUT2D eigenvalue weighted by atomic mass is 32.2. The molecule has 1 amide bonds. The molecule has 1 aromatic rings. The summed E-state index contributed by atoms with van der Waals surface area (Å²) >= 11 is 0.900. The predicted octanol–water partition coefficient (Wildman–Crippen LogP) is 0.769. The van der Waals surface area contributed by atoms with Crippen LogP contribution in [0.4, 0.5) is 0 Å². The highest BCUT2D eigenvalue weighted by Gasteiger charge is 2.27. The van der Waals surface area contributed by atoms with Crippen molar-refractivity contribution in [1.82, 2.24) is 5.32 Å². The van der Waals surface area contributed by atoms with Gasteiger partial charge in [-0.3, -0.25) is 9.59 Å². The van der Waals surface area contributed by atoms with Crippen molar-refractivity contribution in [2.24, 2.45) is 11.1 Å². The van der Waals surface area contributed by atoms with Gasteiger partial charge in [0.25, 0.3) is 5.91 Å². The number of nitrogens with two attached hydrogens (primary N) is 1. The normalized spacial score (nSPS) is 22.7. The molecule has 0 saturated heterocycles. The second-order valence-electron chi connectivity index (χ2n) is 5.06. The molecule has 0 spiro atoms. The molecule has 0 bridgehead atoms. The van der Waals surface area contributed by atoms with Crippen LogP contribution in [0.2, 0.25) is 0 Å². The predicted molar refractivity (Wildman–Crippen MR) is 76.5 cm³/mol. The summed E-state index contributed by atoms with van der Waals surface area (Å²) in [6, 6.07) is 1.17. The second-order valence-corrected chi connectivity index (χ2v) is 7.76. The SMILES string of the molecule is NS(=O)(=O)c1cc(C(=O)NC2CCC(C(=O)O)CC2)cs1. The standard InChI is InChI=1S/C12H16N2O5S2/c13-21(18,19)10-5-8(6-20-10)11(15)14-9-3-1-7(2-4-9)12(16)17/h5-7,9H,1-4H2,(H,14,15)(H,16,17)(H2,13,18,19). The van der Waals surface area contributed by atoms with Gasteiger partial charge >= 0.3 is 5.97 Å². The number of rotatable bonds is 4. The van der Waals surface area contributed by atoms with E-state index in [1.165, 1.54) is 11.4 Å². The molecule has 1 heterocycles. The molecule has 7 nitrogen and oxygen atoms in total. The van der Waals surface area contributed by atoms with Crippen LogP contribution in [0.15, 0.2) is 15.7 Å². The van der Waals surface area contributed by atoms with Crippen molar-refractivity contribution < 1.29 is 23.1 Å². The summed E-state index contributed by atoms with van der Waals surface area (Å²) < 4.78 is 22.3. The highest BCUT2D eigenvalue weighted by Crippen LogP contribution is 2.25. The van der Waals surface area contributed by atoms with Crippen molar-refractivity contribution in [2.45, 2.75) is 35.9 Å². The number of carboxylic acid groups (broad SMARTS) is 1. The number of hydrogen-bond acceptors (Lipinski definition) is 5. The first kappa shape index (κ1) is 15.9. The molecule has 1 fully saturated rings. The quantitative estimate of drug-likeness (QED) is 0.750. The number of sulfonamides is 1. The molecule has 1 aliphatic rings. The van der Waals surface area contributed by atoms with E-state index >= 15 is 0 Å². The number of nitrogens with one attached hydrogen (secondary N) is 1. The van der Waals surface area contributed by atoms with Crippen molar-refractivity contribution >= 4 is 33.2 Å². The van der Waals surface area contributed by atoms with E-state index in [9.17, 15) is 18.0 Å². The van der Waals surface area contributed by atoms with E-state index in [-0.39, 0.29) is 27.6 Å². The minimum absolute atomic E-state index is 0.0535. The van der Waals surface area contributed by atoms with Gasteiger partial charge in [0.2, 0.25) is 10.0 Å². The minimum Gasteiger partial charge on any atom is -0.481 e. The van der Waals surface area contributed by atoms with E-state index in [0.717, 1.165) is 11.3 Å². The molecule has 0 aliphatic heterocycles. The Labute approximate surface area is 126 Å². The number of thiophene rings is 1. The van der Waals surface area contributed by atoms with Gasteiger partial charge in [-0.1, -0.05) is 0 Å². The van der Waals surface area contributed by atoms with Crippen molar-refractivity contribution in [3.63, 3.8) is 0 Å². The van der Waals surface area contributed by atoms with Crippen LogP contribution in [0.1, 0.15) is 36.0 Å². The molecule has 4 N–H and O–H groups in total. The topological polar surface area (TPSA) is 127 Å². The van der Waals surface area contributed by atoms with Crippen LogP contribution in [-0.4, -0.2) is 31.4 Å². The van der Waals surface area contributed by atoms with E-state index in [0.29, 0.717) is 25.7 Å². The lowest BCUT2D eigenvalue weighted by atomic mass is 9.86. The van der Waals surface area contributed by atoms with Crippen LogP contribution < -0.4 is 10.5 Å². The van der Waals surface area contributed by atoms with Gasteiger partial charge in [-0.15, -0.1) is 11.3 Å². The van der Waals surface area contributed by atoms with Crippen molar-refractivity contribution in [3.05, 3.63) is 17.0 Å². The van der Waals surface area contributed by atoms with Crippen LogP contribution in [0.25, 0.3) is 0 Å². The fourth-order valence-corrected chi connectivity index (χ4v) is 3.92. The number of primary sulfonamides is 1. The van der Waals surface area contributed by atoms with Gasteiger partial charge in [0, 0.05) is 11.4 Å². The molecule has 21 heavy (non-hydrogen) atoms. The van der Waals surface area contributed by atoms with Gasteiger partial charge in [-0.05, 0) is 31.7 Å². The van der Waals surface area contributed by atoms with Crippen LogP contribution >= 0.6 is 11.3 Å². The lowest BCUT2D eigenvalue weighted by Crippen LogP contribution is -2.38. The van der Waals surface area contributed by atoms with Crippen molar-refractivity contribution in [3.8, 4) is 0 Å². The zero-order chi connectivity index (χ0) is 15.6. The summed E-state index contributed by atoms with van der Waals surface area (Å²) in [6.07, 6.45) is 2.28. The molecule has 0 unspecified atom stereocenters. The Hall–Kier alpha value is -1.45. The molecule has 2 rings (SSSR count). The molecule has 0 atom stereocenters. The van der Waals surface area contributed by atoms with E-state index in [1.54, 1.807) is 0 Å². The number of carboxylic acids is 1. The summed E-state index contributed by atoms with van der Waals surface area (Å²) in [5.41, 5.74) is 0.254. The van der Waals surface area contributed by atoms with Gasteiger partial charge < -0.3 is 10.4 Å². The van der Waals surface area contributed by atoms with Crippen molar-refractivity contribution in [2.75, 3.05) is 0 Å². The van der Waals surface area contributed by atoms with Gasteiger partial charge in [0.1, 0.15) is 4.21 Å². The first-order valence-electron chi connectivity index (χ1n) is 6.42. The third-order valence-electron chi connectivity index (χ3n) is 3.53. The fourth-order valence-electron chi connectivity index (χ4n) is 2.34. The minimum atomic E-state index is -3.79. The fraction of sp³-hybridized carbons (Fsp3) is 0.500. The molecule has 1 saturated carbocycles. The summed E-state index contributed by atoms with van der Waals surface area (Å²) in [4.78, 5) is 22.9. The van der Waals surface area contributed by atoms with Crippen LogP contribution in [0.5, 0.6) is 0 Å². The lowest BCUT2D eigenvalue weighted by molar-refractivity contribution is -0.142. The summed E-state index contributed by atoms with van der Waals surface area (Å²) in [5, 5.41) is 18.1. The number of carbonyl (C=O) groups excluding carboxylic acids is 1. The zero-order valence-corrected chi connectivity index (χ0v) is 12.7. The molecule has 9 heteroatoms. The zero-order valence-electron chi connectivity index (χ0n) is 11.1. The van der Waals surface area contributed by atoms with E-state index in [1.807, 2.05) is 0 Å². The van der Waals surface area contributed by atoms with Gasteiger partial charge in [-0.2, -0.15) is 0 Å². The first-order valence-corrected chi connectivity index (χ1v) is 8.85. The maximum absolute atomic E-state index is 12.0. The highest BCUT2D eigenvalue weighted by molar-refractivity contribution is 7.91. The molecule has 0 aromatic carbocycles. The Kier molecular flexibility index (Phi) is 4.64. The van der Waals surface area contributed by atoms with E-state index in [2.05, 4.69) is 5.32 Å². The Balaban J connectivity index is 1.94. The average Bonchev–Trinajstić information content (AvgIpc) is 2.88. The monoisotopic (exact) mass is 332 g/mol. The molecule has 0 radical (unpaired) electrons. The van der Waals surface area contributed by atoms with E-state index < -0.39 is 16.0 Å². The number of hydrogen-bond donors (Lipinski definition) is 3. The van der Waals surface area contributed by atoms with Crippen LogP contribution in [0.3, 0.4) is 0 Å². The maximum Gasteiger partial charge on any atom is 0.306 e.